The van der Waals surface area contributed by atoms with Gasteiger partial charge in [-0.25, -0.2) is 4.39 Å². The lowest BCUT2D eigenvalue weighted by molar-refractivity contribution is 0.0745. The first-order valence-corrected chi connectivity index (χ1v) is 8.16. The average Bonchev–Trinajstić information content (AvgIpc) is 3.24. The Morgan fingerprint density at radius 3 is 2.73 bits per heavy atom. The van der Waals surface area contributed by atoms with Gasteiger partial charge in [0.25, 0.3) is 11.8 Å². The van der Waals surface area contributed by atoms with Crippen molar-refractivity contribution in [2.45, 2.75) is 13.0 Å². The number of amides is 1. The fourth-order valence-corrected chi connectivity index (χ4v) is 3.04. The van der Waals surface area contributed by atoms with E-state index in [0.29, 0.717) is 42.4 Å². The van der Waals surface area contributed by atoms with E-state index in [1.807, 2.05) is 4.57 Å². The minimum absolute atomic E-state index is 0.106. The van der Waals surface area contributed by atoms with Gasteiger partial charge in [-0.3, -0.25) is 4.79 Å². The van der Waals surface area contributed by atoms with Gasteiger partial charge in [0.15, 0.2) is 11.4 Å². The first kappa shape index (κ1) is 16.3. The first-order chi connectivity index (χ1) is 12.6. The second-order valence-electron chi connectivity index (χ2n) is 6.15. The molecule has 7 nitrogen and oxygen atoms in total. The summed E-state index contributed by atoms with van der Waals surface area (Å²) >= 11 is 0. The van der Waals surface area contributed by atoms with Gasteiger partial charge in [0.1, 0.15) is 5.82 Å². The Kier molecular flexibility index (Phi) is 3.95. The predicted octanol–water partition coefficient (Wildman–Crippen LogP) is 2.36. The molecule has 0 spiro atoms. The molecule has 1 amide bonds. The number of rotatable bonds is 4. The number of hydrogen-bond acceptors (Lipinski definition) is 5. The van der Waals surface area contributed by atoms with Crippen molar-refractivity contribution in [3.05, 3.63) is 53.4 Å². The van der Waals surface area contributed by atoms with Gasteiger partial charge < -0.3 is 18.6 Å². The molecular weight excluding hydrogens is 339 g/mol. The van der Waals surface area contributed by atoms with Crippen molar-refractivity contribution >= 4 is 5.91 Å². The molecule has 8 heteroatoms. The van der Waals surface area contributed by atoms with Crippen molar-refractivity contribution in [2.75, 3.05) is 20.7 Å². The molecule has 0 aliphatic carbocycles. The van der Waals surface area contributed by atoms with Crippen molar-refractivity contribution in [3.8, 4) is 17.2 Å². The third-order valence-electron chi connectivity index (χ3n) is 4.43. The number of ether oxygens (including phenoxy) is 1. The van der Waals surface area contributed by atoms with Crippen molar-refractivity contribution in [3.63, 3.8) is 0 Å². The van der Waals surface area contributed by atoms with Crippen LogP contribution in [0.15, 0.2) is 34.9 Å². The molecule has 3 aromatic rings. The van der Waals surface area contributed by atoms with E-state index >= 15 is 0 Å². The number of likely N-dealkylation sites (N-methyl/N-ethyl adjacent to an activating group) is 1. The Morgan fingerprint density at radius 2 is 2.00 bits per heavy atom. The summed E-state index contributed by atoms with van der Waals surface area (Å²) in [5, 5.41) is 8.14. The number of hydrogen-bond donors (Lipinski definition) is 0. The van der Waals surface area contributed by atoms with Crippen LogP contribution in [0.25, 0.3) is 11.5 Å². The smallest absolute Gasteiger partial charge is 0.274 e. The first-order valence-electron chi connectivity index (χ1n) is 8.16. The van der Waals surface area contributed by atoms with E-state index in [-0.39, 0.29) is 17.6 Å². The lowest BCUT2D eigenvalue weighted by atomic mass is 10.1. The molecule has 0 atom stereocenters. The van der Waals surface area contributed by atoms with E-state index in [4.69, 9.17) is 9.15 Å². The molecule has 0 radical (unpaired) electrons. The maximum Gasteiger partial charge on any atom is 0.274 e. The lowest BCUT2D eigenvalue weighted by Gasteiger charge is -2.24. The van der Waals surface area contributed by atoms with Crippen molar-refractivity contribution < 1.29 is 18.3 Å². The van der Waals surface area contributed by atoms with Crippen LogP contribution in [0.3, 0.4) is 0 Å². The SMILES string of the molecule is COc1c(-c2nnc(Cc3ccc(F)cc3)o2)cn2c1C(=O)N(C)CC2. The van der Waals surface area contributed by atoms with E-state index in [1.54, 1.807) is 30.3 Å². The highest BCUT2D eigenvalue weighted by molar-refractivity contribution is 5.98. The predicted molar refractivity (Wildman–Crippen MR) is 90.4 cm³/mol. The Balaban J connectivity index is 1.66. The zero-order valence-electron chi connectivity index (χ0n) is 14.4. The molecule has 0 saturated heterocycles. The molecule has 26 heavy (non-hydrogen) atoms. The minimum atomic E-state index is -0.293. The Morgan fingerprint density at radius 1 is 1.23 bits per heavy atom. The number of carbonyl (C=O) groups excluding carboxylic acids is 1. The molecule has 0 N–H and O–H groups in total. The van der Waals surface area contributed by atoms with Crippen molar-refractivity contribution in [1.29, 1.82) is 0 Å². The van der Waals surface area contributed by atoms with Crippen LogP contribution in [-0.2, 0) is 13.0 Å². The van der Waals surface area contributed by atoms with Crippen LogP contribution < -0.4 is 4.74 Å². The van der Waals surface area contributed by atoms with Gasteiger partial charge in [-0.05, 0) is 17.7 Å². The average molecular weight is 356 g/mol. The maximum absolute atomic E-state index is 13.0. The summed E-state index contributed by atoms with van der Waals surface area (Å²) in [5.74, 6) is 0.722. The van der Waals surface area contributed by atoms with Crippen LogP contribution in [0.5, 0.6) is 5.75 Å². The summed E-state index contributed by atoms with van der Waals surface area (Å²) < 4.78 is 26.1. The number of carbonyl (C=O) groups is 1. The van der Waals surface area contributed by atoms with Crippen LogP contribution in [0.2, 0.25) is 0 Å². The number of aromatic nitrogens is 3. The second-order valence-corrected chi connectivity index (χ2v) is 6.15. The molecule has 0 bridgehead atoms. The van der Waals surface area contributed by atoms with Crippen LogP contribution in [0, 0.1) is 5.82 Å². The molecule has 1 aliphatic heterocycles. The van der Waals surface area contributed by atoms with E-state index in [2.05, 4.69) is 10.2 Å². The van der Waals surface area contributed by atoms with Gasteiger partial charge in [0.2, 0.25) is 5.89 Å². The van der Waals surface area contributed by atoms with E-state index in [0.717, 1.165) is 5.56 Å². The molecule has 4 rings (SSSR count). The number of benzene rings is 1. The quantitative estimate of drug-likeness (QED) is 0.717. The maximum atomic E-state index is 13.0. The summed E-state index contributed by atoms with van der Waals surface area (Å²) in [6, 6.07) is 6.12. The van der Waals surface area contributed by atoms with Crippen LogP contribution >= 0.6 is 0 Å². The van der Waals surface area contributed by atoms with Gasteiger partial charge in [-0.1, -0.05) is 12.1 Å². The number of halogens is 1. The number of fused-ring (bicyclic) bond motifs is 1. The van der Waals surface area contributed by atoms with Crippen LogP contribution in [0.1, 0.15) is 21.9 Å². The fourth-order valence-electron chi connectivity index (χ4n) is 3.04. The Hall–Kier alpha value is -3.16. The zero-order valence-corrected chi connectivity index (χ0v) is 14.4. The van der Waals surface area contributed by atoms with Gasteiger partial charge in [0.05, 0.1) is 19.1 Å². The Bertz CT molecular complexity index is 961. The minimum Gasteiger partial charge on any atom is -0.493 e. The molecule has 1 aromatic carbocycles. The lowest BCUT2D eigenvalue weighted by Crippen LogP contribution is -2.36. The standard InChI is InChI=1S/C18H17FN4O3/c1-22-7-8-23-10-13(16(25-2)15(23)18(22)24)17-21-20-14(26-17)9-11-3-5-12(19)6-4-11/h3-6,10H,7-9H2,1-2H3. The molecule has 0 unspecified atom stereocenters. The monoisotopic (exact) mass is 356 g/mol. The molecule has 1 aliphatic rings. The van der Waals surface area contributed by atoms with Gasteiger partial charge in [0, 0.05) is 26.3 Å². The van der Waals surface area contributed by atoms with Gasteiger partial charge in [-0.15, -0.1) is 10.2 Å². The summed E-state index contributed by atoms with van der Waals surface area (Å²) in [4.78, 5) is 14.1. The summed E-state index contributed by atoms with van der Waals surface area (Å²) in [5.41, 5.74) is 1.93. The summed E-state index contributed by atoms with van der Waals surface area (Å²) in [7, 11) is 3.27. The third-order valence-corrected chi connectivity index (χ3v) is 4.43. The second kappa shape index (κ2) is 6.29. The van der Waals surface area contributed by atoms with Crippen molar-refractivity contribution in [2.24, 2.45) is 0 Å². The van der Waals surface area contributed by atoms with Gasteiger partial charge >= 0.3 is 0 Å². The summed E-state index contributed by atoms with van der Waals surface area (Å²) in [6.45, 7) is 1.30. The van der Waals surface area contributed by atoms with E-state index in [9.17, 15) is 9.18 Å². The number of nitrogens with zero attached hydrogens (tertiary/aromatic N) is 4. The highest BCUT2D eigenvalue weighted by Gasteiger charge is 2.31. The Labute approximate surface area is 149 Å². The van der Waals surface area contributed by atoms with Crippen molar-refractivity contribution in [1.82, 2.24) is 19.7 Å². The van der Waals surface area contributed by atoms with Crippen LogP contribution in [0.4, 0.5) is 4.39 Å². The topological polar surface area (TPSA) is 73.4 Å². The molecular formula is C18H17FN4O3. The highest BCUT2D eigenvalue weighted by atomic mass is 19.1. The fraction of sp³-hybridized carbons (Fsp3) is 0.278. The zero-order chi connectivity index (χ0) is 18.3. The molecule has 3 heterocycles. The molecule has 134 valence electrons. The number of methoxy groups -OCH3 is 1. The molecule has 0 fully saturated rings. The van der Waals surface area contributed by atoms with Crippen LogP contribution in [-0.4, -0.2) is 46.3 Å². The van der Waals surface area contributed by atoms with Gasteiger partial charge in [-0.2, -0.15) is 0 Å². The largest absolute Gasteiger partial charge is 0.493 e. The molecule has 2 aromatic heterocycles. The highest BCUT2D eigenvalue weighted by Crippen LogP contribution is 2.36. The molecule has 0 saturated carbocycles. The van der Waals surface area contributed by atoms with E-state index in [1.165, 1.54) is 19.2 Å². The third kappa shape index (κ3) is 2.73. The normalized spacial score (nSPS) is 13.8. The van der Waals surface area contributed by atoms with E-state index < -0.39 is 0 Å². The summed E-state index contributed by atoms with van der Waals surface area (Å²) in [6.07, 6.45) is 2.19.